The minimum absolute atomic E-state index is 0.111. The van der Waals surface area contributed by atoms with Crippen LogP contribution in [0.15, 0.2) is 0 Å². The van der Waals surface area contributed by atoms with Gasteiger partial charge in [-0.05, 0) is 6.92 Å². The molecule has 0 bridgehead atoms. The second-order valence-corrected chi connectivity index (χ2v) is 3.68. The summed E-state index contributed by atoms with van der Waals surface area (Å²) in [5.41, 5.74) is 0. The molecule has 2 unspecified atom stereocenters. The average Bonchev–Trinajstić information content (AvgIpc) is 2.12. The van der Waals surface area contributed by atoms with Crippen LogP contribution in [0, 0.1) is 5.92 Å². The van der Waals surface area contributed by atoms with Gasteiger partial charge >= 0.3 is 17.9 Å². The lowest BCUT2D eigenvalue weighted by Gasteiger charge is -2.15. The molecular formula is C8H11BrO6. The van der Waals surface area contributed by atoms with Crippen molar-refractivity contribution in [3.8, 4) is 0 Å². The number of esters is 1. The van der Waals surface area contributed by atoms with Crippen molar-refractivity contribution in [2.24, 2.45) is 5.92 Å². The van der Waals surface area contributed by atoms with Crippen LogP contribution >= 0.6 is 15.9 Å². The molecule has 2 atom stereocenters. The van der Waals surface area contributed by atoms with E-state index in [1.807, 2.05) is 0 Å². The lowest BCUT2D eigenvalue weighted by atomic mass is 10.0. The molecule has 7 heteroatoms. The number of carboxylic acids is 2. The van der Waals surface area contributed by atoms with Gasteiger partial charge in [-0.3, -0.25) is 14.4 Å². The van der Waals surface area contributed by atoms with E-state index in [2.05, 4.69) is 20.7 Å². The zero-order valence-corrected chi connectivity index (χ0v) is 9.56. The molecule has 0 aliphatic carbocycles. The molecule has 86 valence electrons. The number of alkyl halides is 1. The molecule has 0 aliphatic rings. The minimum Gasteiger partial charge on any atom is -0.481 e. The van der Waals surface area contributed by atoms with Gasteiger partial charge in [0.05, 0.1) is 18.9 Å². The lowest BCUT2D eigenvalue weighted by Crippen LogP contribution is -2.33. The first-order valence-corrected chi connectivity index (χ1v) is 5.07. The van der Waals surface area contributed by atoms with E-state index in [1.165, 1.54) is 0 Å². The summed E-state index contributed by atoms with van der Waals surface area (Å²) >= 11 is 2.82. The first-order chi connectivity index (χ1) is 6.90. The minimum atomic E-state index is -1.35. The first-order valence-electron chi connectivity index (χ1n) is 4.15. The maximum atomic E-state index is 11.1. The molecule has 0 radical (unpaired) electrons. The molecule has 0 saturated carbocycles. The number of halogens is 1. The van der Waals surface area contributed by atoms with Crippen LogP contribution in [0.3, 0.4) is 0 Å². The summed E-state index contributed by atoms with van der Waals surface area (Å²) in [5, 5.41) is 17.2. The Bertz CT molecular complexity index is 264. The lowest BCUT2D eigenvalue weighted by molar-refractivity contribution is -0.153. The fourth-order valence-electron chi connectivity index (χ4n) is 0.890. The third kappa shape index (κ3) is 4.78. The van der Waals surface area contributed by atoms with Gasteiger partial charge in [0.15, 0.2) is 0 Å². The molecule has 0 saturated heterocycles. The predicted molar refractivity (Wildman–Crippen MR) is 52.7 cm³/mol. The van der Waals surface area contributed by atoms with Crippen LogP contribution in [0.25, 0.3) is 0 Å². The molecular weight excluding hydrogens is 272 g/mol. The highest BCUT2D eigenvalue weighted by molar-refractivity contribution is 9.10. The van der Waals surface area contributed by atoms with Gasteiger partial charge in [0.1, 0.15) is 4.83 Å². The Kier molecular flexibility index (Phi) is 5.92. The molecule has 6 nitrogen and oxygen atoms in total. The monoisotopic (exact) mass is 282 g/mol. The van der Waals surface area contributed by atoms with Gasteiger partial charge in [-0.2, -0.15) is 0 Å². The molecule has 2 N–H and O–H groups in total. The Hall–Kier alpha value is -1.11. The van der Waals surface area contributed by atoms with Crippen molar-refractivity contribution in [2.75, 3.05) is 6.61 Å². The number of hydrogen-bond donors (Lipinski definition) is 2. The van der Waals surface area contributed by atoms with Gasteiger partial charge in [-0.15, -0.1) is 0 Å². The Morgan fingerprint density at radius 3 is 2.20 bits per heavy atom. The van der Waals surface area contributed by atoms with E-state index in [0.29, 0.717) is 0 Å². The largest absolute Gasteiger partial charge is 0.481 e. The summed E-state index contributed by atoms with van der Waals surface area (Å²) in [6.45, 7) is 1.69. The maximum absolute atomic E-state index is 11.1. The highest BCUT2D eigenvalue weighted by Crippen LogP contribution is 2.19. The van der Waals surface area contributed by atoms with Gasteiger partial charge in [0.25, 0.3) is 0 Å². The van der Waals surface area contributed by atoms with E-state index in [0.717, 1.165) is 0 Å². The van der Waals surface area contributed by atoms with Crippen molar-refractivity contribution >= 4 is 33.8 Å². The molecule has 0 aliphatic heterocycles. The summed E-state index contributed by atoms with van der Waals surface area (Å²) in [6.07, 6.45) is -0.635. The van der Waals surface area contributed by atoms with E-state index < -0.39 is 35.1 Å². The van der Waals surface area contributed by atoms with Gasteiger partial charge < -0.3 is 14.9 Å². The summed E-state index contributed by atoms with van der Waals surface area (Å²) in [4.78, 5) is 31.0. The quantitative estimate of drug-likeness (QED) is 0.543. The number of carbonyl (C=O) groups excluding carboxylic acids is 1. The standard InChI is InChI=1S/C8H11BrO6/c1-2-15-8(14)6(9)4(7(12)13)3-5(10)11/h4,6H,2-3H2,1H3,(H,10,11)(H,12,13). The van der Waals surface area contributed by atoms with E-state index in [9.17, 15) is 14.4 Å². The van der Waals surface area contributed by atoms with Crippen LogP contribution in [0.2, 0.25) is 0 Å². The van der Waals surface area contributed by atoms with Gasteiger partial charge in [0, 0.05) is 0 Å². The van der Waals surface area contributed by atoms with Crippen molar-refractivity contribution in [1.82, 2.24) is 0 Å². The summed E-state index contributed by atoms with van der Waals surface area (Å²) in [5.74, 6) is -4.74. The van der Waals surface area contributed by atoms with Crippen LogP contribution in [0.5, 0.6) is 0 Å². The molecule has 0 heterocycles. The number of ether oxygens (including phenoxy) is 1. The van der Waals surface area contributed by atoms with E-state index in [-0.39, 0.29) is 6.61 Å². The molecule has 0 aromatic heterocycles. The fourth-order valence-corrected chi connectivity index (χ4v) is 1.44. The molecule has 15 heavy (non-hydrogen) atoms. The molecule has 0 aromatic rings. The van der Waals surface area contributed by atoms with Crippen LogP contribution in [-0.4, -0.2) is 39.6 Å². The number of aliphatic carboxylic acids is 2. The van der Waals surface area contributed by atoms with Gasteiger partial charge in [0.2, 0.25) is 0 Å². The van der Waals surface area contributed by atoms with Crippen molar-refractivity contribution in [1.29, 1.82) is 0 Å². The molecule has 0 spiro atoms. The van der Waals surface area contributed by atoms with Crippen LogP contribution in [0.4, 0.5) is 0 Å². The van der Waals surface area contributed by atoms with E-state index in [4.69, 9.17) is 10.2 Å². The predicted octanol–water partition coefficient (Wildman–Crippen LogP) is 0.488. The number of hydrogen-bond acceptors (Lipinski definition) is 4. The fraction of sp³-hybridized carbons (Fsp3) is 0.625. The van der Waals surface area contributed by atoms with Crippen LogP contribution in [-0.2, 0) is 19.1 Å². The molecule has 0 rings (SSSR count). The van der Waals surface area contributed by atoms with Crippen LogP contribution < -0.4 is 0 Å². The molecule has 0 aromatic carbocycles. The Labute approximate surface area is 94.3 Å². The van der Waals surface area contributed by atoms with Crippen molar-refractivity contribution in [3.63, 3.8) is 0 Å². The van der Waals surface area contributed by atoms with Crippen molar-refractivity contribution in [3.05, 3.63) is 0 Å². The van der Waals surface area contributed by atoms with Crippen LogP contribution in [0.1, 0.15) is 13.3 Å². The number of carboxylic acid groups (broad SMARTS) is 2. The zero-order valence-electron chi connectivity index (χ0n) is 7.97. The summed E-state index contributed by atoms with van der Waals surface area (Å²) in [7, 11) is 0. The SMILES string of the molecule is CCOC(=O)C(Br)C(CC(=O)O)C(=O)O. The topological polar surface area (TPSA) is 101 Å². The average molecular weight is 283 g/mol. The van der Waals surface area contributed by atoms with Crippen molar-refractivity contribution in [2.45, 2.75) is 18.2 Å². The first kappa shape index (κ1) is 13.9. The Morgan fingerprint density at radius 2 is 1.87 bits per heavy atom. The van der Waals surface area contributed by atoms with Gasteiger partial charge in [-0.25, -0.2) is 0 Å². The summed E-state index contributed by atoms with van der Waals surface area (Å²) < 4.78 is 4.57. The highest BCUT2D eigenvalue weighted by atomic mass is 79.9. The number of rotatable bonds is 6. The van der Waals surface area contributed by atoms with Crippen molar-refractivity contribution < 1.29 is 29.3 Å². The normalized spacial score (nSPS) is 14.0. The molecule has 0 fully saturated rings. The highest BCUT2D eigenvalue weighted by Gasteiger charge is 2.34. The summed E-state index contributed by atoms with van der Waals surface area (Å²) in [6, 6.07) is 0. The second-order valence-electron chi connectivity index (χ2n) is 2.70. The second kappa shape index (κ2) is 6.39. The smallest absolute Gasteiger partial charge is 0.320 e. The molecule has 0 amide bonds. The Balaban J connectivity index is 4.54. The zero-order chi connectivity index (χ0) is 12.0. The third-order valence-corrected chi connectivity index (χ3v) is 2.59. The van der Waals surface area contributed by atoms with E-state index >= 15 is 0 Å². The third-order valence-electron chi connectivity index (χ3n) is 1.58. The van der Waals surface area contributed by atoms with Gasteiger partial charge in [-0.1, -0.05) is 15.9 Å². The Morgan fingerprint density at radius 1 is 1.33 bits per heavy atom. The number of carbonyl (C=O) groups is 3. The van der Waals surface area contributed by atoms with E-state index in [1.54, 1.807) is 6.92 Å². The maximum Gasteiger partial charge on any atom is 0.320 e.